The first-order valence-electron chi connectivity index (χ1n) is 8.01. The Labute approximate surface area is 141 Å². The fourth-order valence-electron chi connectivity index (χ4n) is 2.76. The molecule has 0 saturated carbocycles. The normalized spacial score (nSPS) is 11.5. The van der Waals surface area contributed by atoms with E-state index in [9.17, 15) is 0 Å². The van der Waals surface area contributed by atoms with Crippen LogP contribution in [0, 0.1) is 0 Å². The Hall–Kier alpha value is -1.85. The van der Waals surface area contributed by atoms with Gasteiger partial charge in [0.1, 0.15) is 11.3 Å². The number of imidazole rings is 1. The van der Waals surface area contributed by atoms with Crippen LogP contribution in [0.15, 0.2) is 35.7 Å². The first kappa shape index (κ1) is 16.0. The Bertz CT molecular complexity index is 762. The van der Waals surface area contributed by atoms with Crippen molar-refractivity contribution in [2.75, 3.05) is 13.7 Å². The number of thiophene rings is 1. The highest BCUT2D eigenvalue weighted by Crippen LogP contribution is 2.32. The van der Waals surface area contributed by atoms with Crippen molar-refractivity contribution in [1.82, 2.24) is 14.9 Å². The van der Waals surface area contributed by atoms with Crippen molar-refractivity contribution in [1.29, 1.82) is 0 Å². The summed E-state index contributed by atoms with van der Waals surface area (Å²) in [4.78, 5) is 6.05. The fraction of sp³-hybridized carbons (Fsp3) is 0.389. The number of nitrogens with one attached hydrogen (secondary N) is 1. The van der Waals surface area contributed by atoms with Gasteiger partial charge < -0.3 is 14.6 Å². The van der Waals surface area contributed by atoms with Crippen molar-refractivity contribution < 1.29 is 4.74 Å². The molecule has 0 saturated heterocycles. The molecule has 5 heteroatoms. The number of para-hydroxylation sites is 1. The molecule has 0 fully saturated rings. The summed E-state index contributed by atoms with van der Waals surface area (Å²) in [5, 5.41) is 5.57. The van der Waals surface area contributed by atoms with Crippen LogP contribution >= 0.6 is 11.3 Å². The van der Waals surface area contributed by atoms with Crippen molar-refractivity contribution in [2.45, 2.75) is 32.9 Å². The van der Waals surface area contributed by atoms with Gasteiger partial charge in [-0.25, -0.2) is 4.98 Å². The standard InChI is InChI=1S/C18H23N3OS/c1-13(2)19-10-6-11-21-17-14(7-4-8-15(17)22-3)20-18(21)16-9-5-12-23-16/h4-5,7-9,12-13,19H,6,10-11H2,1-3H3. The molecule has 0 spiro atoms. The number of rotatable bonds is 7. The van der Waals surface area contributed by atoms with Gasteiger partial charge in [-0.15, -0.1) is 11.3 Å². The lowest BCUT2D eigenvalue weighted by Gasteiger charge is -2.12. The number of aryl methyl sites for hydroxylation is 1. The van der Waals surface area contributed by atoms with Gasteiger partial charge >= 0.3 is 0 Å². The molecule has 1 N–H and O–H groups in total. The second-order valence-corrected chi connectivity index (χ2v) is 6.80. The van der Waals surface area contributed by atoms with Gasteiger partial charge in [0.25, 0.3) is 0 Å². The van der Waals surface area contributed by atoms with E-state index in [4.69, 9.17) is 9.72 Å². The smallest absolute Gasteiger partial charge is 0.151 e. The van der Waals surface area contributed by atoms with E-state index in [1.807, 2.05) is 12.1 Å². The minimum absolute atomic E-state index is 0.515. The van der Waals surface area contributed by atoms with E-state index in [0.29, 0.717) is 6.04 Å². The molecular weight excluding hydrogens is 306 g/mol. The average molecular weight is 329 g/mol. The largest absolute Gasteiger partial charge is 0.494 e. The van der Waals surface area contributed by atoms with Crippen LogP contribution in [0.2, 0.25) is 0 Å². The molecule has 0 aliphatic carbocycles. The van der Waals surface area contributed by atoms with Crippen LogP contribution in [0.25, 0.3) is 21.7 Å². The van der Waals surface area contributed by atoms with Crippen LogP contribution in [0.4, 0.5) is 0 Å². The number of fused-ring (bicyclic) bond motifs is 1. The van der Waals surface area contributed by atoms with E-state index < -0.39 is 0 Å². The summed E-state index contributed by atoms with van der Waals surface area (Å²) in [6.45, 7) is 6.26. The molecule has 0 aliphatic rings. The molecule has 0 amide bonds. The Morgan fingerprint density at radius 2 is 2.13 bits per heavy atom. The van der Waals surface area contributed by atoms with E-state index >= 15 is 0 Å². The molecule has 0 aliphatic heterocycles. The lowest BCUT2D eigenvalue weighted by atomic mass is 10.3. The van der Waals surface area contributed by atoms with Crippen molar-refractivity contribution in [2.24, 2.45) is 0 Å². The van der Waals surface area contributed by atoms with E-state index in [0.717, 1.165) is 42.1 Å². The first-order chi connectivity index (χ1) is 11.2. The van der Waals surface area contributed by atoms with Crippen LogP contribution in [-0.2, 0) is 6.54 Å². The summed E-state index contributed by atoms with van der Waals surface area (Å²) in [5.74, 6) is 1.92. The predicted octanol–water partition coefficient (Wildman–Crippen LogP) is 4.16. The minimum Gasteiger partial charge on any atom is -0.494 e. The molecule has 0 bridgehead atoms. The number of nitrogens with zero attached hydrogens (tertiary/aromatic N) is 2. The number of ether oxygens (including phenoxy) is 1. The summed E-state index contributed by atoms with van der Waals surface area (Å²) in [7, 11) is 1.72. The minimum atomic E-state index is 0.515. The number of hydrogen-bond donors (Lipinski definition) is 1. The third-order valence-electron chi connectivity index (χ3n) is 3.80. The molecule has 3 aromatic rings. The van der Waals surface area contributed by atoms with E-state index in [2.05, 4.69) is 47.3 Å². The SMILES string of the molecule is COc1cccc2nc(-c3cccs3)n(CCCNC(C)C)c12. The number of aromatic nitrogens is 2. The topological polar surface area (TPSA) is 39.1 Å². The fourth-order valence-corrected chi connectivity index (χ4v) is 3.48. The lowest BCUT2D eigenvalue weighted by molar-refractivity contribution is 0.417. The maximum absolute atomic E-state index is 5.57. The third kappa shape index (κ3) is 3.41. The summed E-state index contributed by atoms with van der Waals surface area (Å²) in [6.07, 6.45) is 1.06. The van der Waals surface area contributed by atoms with Crippen molar-refractivity contribution in [3.05, 3.63) is 35.7 Å². The van der Waals surface area contributed by atoms with Crippen molar-refractivity contribution in [3.8, 4) is 16.5 Å². The van der Waals surface area contributed by atoms with Gasteiger partial charge in [0.2, 0.25) is 0 Å². The Morgan fingerprint density at radius 3 is 2.83 bits per heavy atom. The second kappa shape index (κ2) is 7.15. The van der Waals surface area contributed by atoms with Crippen LogP contribution in [0.3, 0.4) is 0 Å². The van der Waals surface area contributed by atoms with Crippen LogP contribution in [0.1, 0.15) is 20.3 Å². The molecule has 2 heterocycles. The highest BCUT2D eigenvalue weighted by atomic mass is 32.1. The zero-order chi connectivity index (χ0) is 16.2. The molecular formula is C18H23N3OS. The molecule has 3 rings (SSSR count). The molecule has 0 atom stereocenters. The van der Waals surface area contributed by atoms with Gasteiger partial charge in [0.05, 0.1) is 17.5 Å². The quantitative estimate of drug-likeness (QED) is 0.662. The molecule has 4 nitrogen and oxygen atoms in total. The molecule has 1 aromatic carbocycles. The maximum atomic E-state index is 5.57. The number of hydrogen-bond acceptors (Lipinski definition) is 4. The number of benzene rings is 1. The first-order valence-corrected chi connectivity index (χ1v) is 8.89. The van der Waals surface area contributed by atoms with Gasteiger partial charge in [-0.05, 0) is 36.5 Å². The van der Waals surface area contributed by atoms with Gasteiger partial charge in [-0.1, -0.05) is 26.0 Å². The molecule has 2 aromatic heterocycles. The Balaban J connectivity index is 1.99. The molecule has 0 unspecified atom stereocenters. The zero-order valence-electron chi connectivity index (χ0n) is 13.9. The monoisotopic (exact) mass is 329 g/mol. The molecule has 0 radical (unpaired) electrons. The second-order valence-electron chi connectivity index (χ2n) is 5.85. The highest BCUT2D eigenvalue weighted by Gasteiger charge is 2.16. The molecule has 23 heavy (non-hydrogen) atoms. The summed E-state index contributed by atoms with van der Waals surface area (Å²) in [6, 6.07) is 10.8. The maximum Gasteiger partial charge on any atom is 0.151 e. The van der Waals surface area contributed by atoms with Gasteiger partial charge in [0, 0.05) is 12.6 Å². The predicted molar refractivity (Wildman–Crippen MR) is 97.4 cm³/mol. The van der Waals surface area contributed by atoms with Crippen LogP contribution in [0.5, 0.6) is 5.75 Å². The highest BCUT2D eigenvalue weighted by molar-refractivity contribution is 7.13. The zero-order valence-corrected chi connectivity index (χ0v) is 14.7. The third-order valence-corrected chi connectivity index (χ3v) is 4.67. The summed E-state index contributed by atoms with van der Waals surface area (Å²) in [5.41, 5.74) is 2.08. The number of methoxy groups -OCH3 is 1. The van der Waals surface area contributed by atoms with E-state index in [1.54, 1.807) is 18.4 Å². The van der Waals surface area contributed by atoms with Crippen LogP contribution in [-0.4, -0.2) is 29.2 Å². The van der Waals surface area contributed by atoms with Crippen molar-refractivity contribution in [3.63, 3.8) is 0 Å². The average Bonchev–Trinajstić information content (AvgIpc) is 3.18. The lowest BCUT2D eigenvalue weighted by Crippen LogP contribution is -2.24. The van der Waals surface area contributed by atoms with Crippen LogP contribution < -0.4 is 10.1 Å². The Morgan fingerprint density at radius 1 is 1.26 bits per heavy atom. The van der Waals surface area contributed by atoms with E-state index in [1.165, 1.54) is 4.88 Å². The summed E-state index contributed by atoms with van der Waals surface area (Å²) < 4.78 is 7.86. The van der Waals surface area contributed by atoms with Gasteiger partial charge in [-0.2, -0.15) is 0 Å². The van der Waals surface area contributed by atoms with E-state index in [-0.39, 0.29) is 0 Å². The van der Waals surface area contributed by atoms with Gasteiger partial charge in [-0.3, -0.25) is 0 Å². The Kier molecular flexibility index (Phi) is 4.98. The molecule has 122 valence electrons. The summed E-state index contributed by atoms with van der Waals surface area (Å²) >= 11 is 1.72. The van der Waals surface area contributed by atoms with Gasteiger partial charge in [0.15, 0.2) is 5.82 Å². The van der Waals surface area contributed by atoms with Crippen molar-refractivity contribution >= 4 is 22.4 Å².